The maximum Gasteiger partial charge on any atom is 0.164 e. The zero-order valence-corrected chi connectivity index (χ0v) is 19.9. The molecule has 174 valence electrons. The molecule has 0 N–H and O–H groups in total. The summed E-state index contributed by atoms with van der Waals surface area (Å²) >= 11 is 0. The number of hydrogen-bond acceptors (Lipinski definition) is 4. The molecule has 0 aliphatic rings. The third-order valence-electron chi connectivity index (χ3n) is 6.56. The van der Waals surface area contributed by atoms with Gasteiger partial charge in [-0.05, 0) is 36.4 Å². The van der Waals surface area contributed by atoms with Crippen molar-refractivity contribution in [1.82, 2.24) is 24.5 Å². The van der Waals surface area contributed by atoms with E-state index in [1.807, 2.05) is 73.1 Å². The molecule has 5 nitrogen and oxygen atoms in total. The van der Waals surface area contributed by atoms with Crippen LogP contribution in [0.25, 0.3) is 61.7 Å². The van der Waals surface area contributed by atoms with Gasteiger partial charge in [0.1, 0.15) is 0 Å². The fourth-order valence-corrected chi connectivity index (χ4v) is 4.79. The highest BCUT2D eigenvalue weighted by atomic mass is 15.0. The van der Waals surface area contributed by atoms with Crippen LogP contribution >= 0.6 is 0 Å². The first-order valence-electron chi connectivity index (χ1n) is 12.2. The smallest absolute Gasteiger partial charge is 0.164 e. The van der Waals surface area contributed by atoms with Crippen molar-refractivity contribution in [3.05, 3.63) is 128 Å². The van der Waals surface area contributed by atoms with Crippen LogP contribution in [0.4, 0.5) is 0 Å². The molecule has 3 heterocycles. The maximum atomic E-state index is 4.85. The van der Waals surface area contributed by atoms with Gasteiger partial charge in [-0.2, -0.15) is 0 Å². The van der Waals surface area contributed by atoms with Crippen molar-refractivity contribution in [2.24, 2.45) is 0 Å². The molecule has 0 spiro atoms. The van der Waals surface area contributed by atoms with E-state index < -0.39 is 0 Å². The summed E-state index contributed by atoms with van der Waals surface area (Å²) in [4.78, 5) is 18.9. The van der Waals surface area contributed by atoms with E-state index in [0.717, 1.165) is 33.4 Å². The average Bonchev–Trinajstić information content (AvgIpc) is 3.32. The summed E-state index contributed by atoms with van der Waals surface area (Å²) in [5.74, 6) is 1.95. The zero-order valence-electron chi connectivity index (χ0n) is 19.9. The van der Waals surface area contributed by atoms with Crippen LogP contribution in [0.1, 0.15) is 0 Å². The van der Waals surface area contributed by atoms with Gasteiger partial charge in [0.05, 0.1) is 17.2 Å². The van der Waals surface area contributed by atoms with Crippen LogP contribution in [0.15, 0.2) is 128 Å². The highest BCUT2D eigenvalue weighted by Crippen LogP contribution is 2.32. The summed E-state index contributed by atoms with van der Waals surface area (Å²) in [5, 5.41) is 2.40. The Balaban J connectivity index is 1.37. The van der Waals surface area contributed by atoms with Crippen LogP contribution < -0.4 is 0 Å². The Morgan fingerprint density at radius 1 is 0.432 bits per heavy atom. The van der Waals surface area contributed by atoms with E-state index in [2.05, 4.69) is 64.1 Å². The van der Waals surface area contributed by atoms with Gasteiger partial charge >= 0.3 is 0 Å². The quantitative estimate of drug-likeness (QED) is 0.267. The predicted octanol–water partition coefficient (Wildman–Crippen LogP) is 7.36. The van der Waals surface area contributed by atoms with E-state index in [4.69, 9.17) is 15.0 Å². The monoisotopic (exact) mass is 475 g/mol. The number of rotatable bonds is 4. The number of nitrogens with zero attached hydrogens (tertiary/aromatic N) is 5. The first kappa shape index (κ1) is 21.1. The highest BCUT2D eigenvalue weighted by molar-refractivity contribution is 6.08. The lowest BCUT2D eigenvalue weighted by molar-refractivity contribution is 1.07. The molecule has 37 heavy (non-hydrogen) atoms. The molecule has 0 unspecified atom stereocenters. The van der Waals surface area contributed by atoms with Crippen LogP contribution in [0.5, 0.6) is 0 Å². The van der Waals surface area contributed by atoms with E-state index in [0.29, 0.717) is 17.5 Å². The Labute approximate surface area is 213 Å². The molecular weight excluding hydrogens is 454 g/mol. The number of fused-ring (bicyclic) bond motifs is 3. The number of benzene rings is 4. The maximum absolute atomic E-state index is 4.85. The number of aromatic nitrogens is 5. The van der Waals surface area contributed by atoms with Gasteiger partial charge in [-0.3, -0.25) is 4.98 Å². The second-order valence-electron chi connectivity index (χ2n) is 8.83. The van der Waals surface area contributed by atoms with Crippen LogP contribution in [-0.2, 0) is 0 Å². The number of pyridine rings is 1. The molecule has 0 aliphatic carbocycles. The molecule has 3 aromatic heterocycles. The molecule has 5 heteroatoms. The molecule has 7 aromatic rings. The van der Waals surface area contributed by atoms with Crippen molar-refractivity contribution in [3.63, 3.8) is 0 Å². The molecule has 0 aliphatic heterocycles. The van der Waals surface area contributed by atoms with Crippen molar-refractivity contribution < 1.29 is 0 Å². The Kier molecular flexibility index (Phi) is 5.03. The second kappa shape index (κ2) is 8.81. The standard InChI is InChI=1S/C32H21N5/c1-3-9-22(10-4-1)30-34-31(23-11-5-2-6-12-23)36-32(35-30)24-15-17-25(18-16-24)37-28-14-8-7-13-26(28)27-19-20-33-21-29(27)37/h1-21H. The average molecular weight is 476 g/mol. The fourth-order valence-electron chi connectivity index (χ4n) is 4.79. The first-order valence-corrected chi connectivity index (χ1v) is 12.2. The van der Waals surface area contributed by atoms with E-state index in [1.54, 1.807) is 0 Å². The van der Waals surface area contributed by atoms with Gasteiger partial charge in [0.2, 0.25) is 0 Å². The van der Waals surface area contributed by atoms with Gasteiger partial charge < -0.3 is 4.57 Å². The molecule has 0 saturated heterocycles. The molecule has 0 amide bonds. The summed E-state index contributed by atoms with van der Waals surface area (Å²) in [7, 11) is 0. The highest BCUT2D eigenvalue weighted by Gasteiger charge is 2.14. The molecule has 7 rings (SSSR count). The summed E-state index contributed by atoms with van der Waals surface area (Å²) in [6, 6.07) is 39.0. The SMILES string of the molecule is c1ccc(-c2nc(-c3ccccc3)nc(-c3ccc(-n4c5ccccc5c5ccncc54)cc3)n2)cc1. The summed E-state index contributed by atoms with van der Waals surface area (Å²) < 4.78 is 2.25. The van der Waals surface area contributed by atoms with Gasteiger partial charge in [-0.15, -0.1) is 0 Å². The molecule has 0 fully saturated rings. The molecule has 4 aromatic carbocycles. The summed E-state index contributed by atoms with van der Waals surface area (Å²) in [6.45, 7) is 0. The lowest BCUT2D eigenvalue weighted by Crippen LogP contribution is -2.00. The molecule has 0 bridgehead atoms. The van der Waals surface area contributed by atoms with Crippen molar-refractivity contribution in [2.75, 3.05) is 0 Å². The predicted molar refractivity (Wildman–Crippen MR) is 148 cm³/mol. The third kappa shape index (κ3) is 3.74. The van der Waals surface area contributed by atoms with Crippen molar-refractivity contribution >= 4 is 21.8 Å². The van der Waals surface area contributed by atoms with Gasteiger partial charge in [0.25, 0.3) is 0 Å². The van der Waals surface area contributed by atoms with Crippen molar-refractivity contribution in [3.8, 4) is 39.9 Å². The number of para-hydroxylation sites is 1. The lowest BCUT2D eigenvalue weighted by atomic mass is 10.1. The van der Waals surface area contributed by atoms with Gasteiger partial charge in [-0.25, -0.2) is 15.0 Å². The van der Waals surface area contributed by atoms with Gasteiger partial charge in [0.15, 0.2) is 17.5 Å². The Bertz CT molecular complexity index is 1750. The van der Waals surface area contributed by atoms with Crippen LogP contribution in [0, 0.1) is 0 Å². The van der Waals surface area contributed by atoms with Gasteiger partial charge in [0, 0.05) is 39.3 Å². The summed E-state index contributed by atoms with van der Waals surface area (Å²) in [6.07, 6.45) is 3.77. The van der Waals surface area contributed by atoms with Crippen LogP contribution in [-0.4, -0.2) is 24.5 Å². The normalized spacial score (nSPS) is 11.2. The zero-order chi connectivity index (χ0) is 24.6. The van der Waals surface area contributed by atoms with Gasteiger partial charge in [-0.1, -0.05) is 78.9 Å². The van der Waals surface area contributed by atoms with Crippen molar-refractivity contribution in [1.29, 1.82) is 0 Å². The molecular formula is C32H21N5. The first-order chi connectivity index (χ1) is 18.3. The minimum absolute atomic E-state index is 0.642. The van der Waals surface area contributed by atoms with E-state index in [9.17, 15) is 0 Å². The van der Waals surface area contributed by atoms with Crippen molar-refractivity contribution in [2.45, 2.75) is 0 Å². The van der Waals surface area contributed by atoms with Crippen LogP contribution in [0.3, 0.4) is 0 Å². The third-order valence-corrected chi connectivity index (χ3v) is 6.56. The fraction of sp³-hybridized carbons (Fsp3) is 0. The number of hydrogen-bond donors (Lipinski definition) is 0. The molecule has 0 saturated carbocycles. The lowest BCUT2D eigenvalue weighted by Gasteiger charge is -2.10. The van der Waals surface area contributed by atoms with E-state index in [-0.39, 0.29) is 0 Å². The largest absolute Gasteiger partial charge is 0.308 e. The summed E-state index contributed by atoms with van der Waals surface area (Å²) in [5.41, 5.74) is 6.13. The van der Waals surface area contributed by atoms with E-state index in [1.165, 1.54) is 10.8 Å². The Morgan fingerprint density at radius 3 is 1.57 bits per heavy atom. The molecule has 0 radical (unpaired) electrons. The second-order valence-corrected chi connectivity index (χ2v) is 8.83. The van der Waals surface area contributed by atoms with E-state index >= 15 is 0 Å². The minimum atomic E-state index is 0.642. The minimum Gasteiger partial charge on any atom is -0.308 e. The Morgan fingerprint density at radius 2 is 0.946 bits per heavy atom. The topological polar surface area (TPSA) is 56.5 Å². The van der Waals surface area contributed by atoms with Crippen LogP contribution in [0.2, 0.25) is 0 Å². The Hall–Kier alpha value is -5.16. The molecule has 0 atom stereocenters.